The van der Waals surface area contributed by atoms with E-state index < -0.39 is 11.8 Å². The van der Waals surface area contributed by atoms with E-state index in [0.29, 0.717) is 11.1 Å². The number of H-pyrrole nitrogens is 1. The first-order valence-electron chi connectivity index (χ1n) is 5.40. The molecule has 0 aliphatic carbocycles. The number of aromatic amines is 1. The number of Topliss-reactive ketones (excluding diaryl/α,β-unsaturated/α-hetero) is 1. The Morgan fingerprint density at radius 1 is 1.24 bits per heavy atom. The SMILES string of the molecule is CC(C)c1[nH]c2ccccc2c1C(=O)C(=O)O. The first-order valence-corrected chi connectivity index (χ1v) is 5.40. The highest BCUT2D eigenvalue weighted by Gasteiger charge is 2.24. The molecular weight excluding hydrogens is 218 g/mol. The molecule has 88 valence electrons. The number of carbonyl (C=O) groups is 2. The monoisotopic (exact) mass is 231 g/mol. The third-order valence-electron chi connectivity index (χ3n) is 2.73. The van der Waals surface area contributed by atoms with Gasteiger partial charge in [0.25, 0.3) is 5.78 Å². The number of fused-ring (bicyclic) bond motifs is 1. The third-order valence-corrected chi connectivity index (χ3v) is 2.73. The second-order valence-corrected chi connectivity index (χ2v) is 4.25. The normalized spacial score (nSPS) is 11.0. The molecule has 1 aromatic heterocycles. The molecule has 0 aliphatic rings. The molecule has 0 unspecified atom stereocenters. The van der Waals surface area contributed by atoms with Crippen LogP contribution in [-0.2, 0) is 4.79 Å². The Balaban J connectivity index is 2.77. The number of para-hydroxylation sites is 1. The summed E-state index contributed by atoms with van der Waals surface area (Å²) >= 11 is 0. The van der Waals surface area contributed by atoms with Gasteiger partial charge in [-0.15, -0.1) is 0 Å². The fourth-order valence-electron chi connectivity index (χ4n) is 1.95. The van der Waals surface area contributed by atoms with Gasteiger partial charge in [-0.3, -0.25) is 4.79 Å². The molecule has 17 heavy (non-hydrogen) atoms. The average Bonchev–Trinajstić information content (AvgIpc) is 2.67. The number of carboxylic acid groups (broad SMARTS) is 1. The summed E-state index contributed by atoms with van der Waals surface area (Å²) in [6.45, 7) is 3.84. The molecule has 0 saturated heterocycles. The number of ketones is 1. The van der Waals surface area contributed by atoms with Gasteiger partial charge in [-0.05, 0) is 12.0 Å². The van der Waals surface area contributed by atoms with Crippen LogP contribution < -0.4 is 0 Å². The minimum absolute atomic E-state index is 0.0701. The second-order valence-electron chi connectivity index (χ2n) is 4.25. The summed E-state index contributed by atoms with van der Waals surface area (Å²) in [4.78, 5) is 25.7. The molecule has 0 aliphatic heterocycles. The Labute approximate surface area is 98.3 Å². The van der Waals surface area contributed by atoms with Crippen molar-refractivity contribution in [2.24, 2.45) is 0 Å². The third kappa shape index (κ3) is 1.82. The van der Waals surface area contributed by atoms with Crippen molar-refractivity contribution in [2.75, 3.05) is 0 Å². The summed E-state index contributed by atoms with van der Waals surface area (Å²) in [5.74, 6) is -2.21. The van der Waals surface area contributed by atoms with E-state index in [1.54, 1.807) is 12.1 Å². The Kier molecular flexibility index (Phi) is 2.71. The summed E-state index contributed by atoms with van der Waals surface area (Å²) in [6.07, 6.45) is 0. The van der Waals surface area contributed by atoms with Crippen molar-refractivity contribution in [3.8, 4) is 0 Å². The standard InChI is InChI=1S/C13H13NO3/c1-7(2)11-10(12(15)13(16)17)8-5-3-4-6-9(8)14-11/h3-7,14H,1-2H3,(H,16,17). The van der Waals surface area contributed by atoms with E-state index in [1.807, 2.05) is 26.0 Å². The number of aliphatic carboxylic acids is 1. The lowest BCUT2D eigenvalue weighted by atomic mass is 10.0. The molecule has 0 amide bonds. The summed E-state index contributed by atoms with van der Waals surface area (Å²) in [5, 5.41) is 9.53. The van der Waals surface area contributed by atoms with E-state index in [4.69, 9.17) is 5.11 Å². The highest BCUT2D eigenvalue weighted by Crippen LogP contribution is 2.27. The van der Waals surface area contributed by atoms with Crippen LogP contribution >= 0.6 is 0 Å². The number of rotatable bonds is 3. The molecular formula is C13H13NO3. The van der Waals surface area contributed by atoms with Crippen molar-refractivity contribution in [1.82, 2.24) is 4.98 Å². The van der Waals surface area contributed by atoms with E-state index in [0.717, 1.165) is 5.52 Å². The van der Waals surface area contributed by atoms with Gasteiger partial charge < -0.3 is 10.1 Å². The number of aromatic nitrogens is 1. The molecule has 0 spiro atoms. The van der Waals surface area contributed by atoms with Gasteiger partial charge >= 0.3 is 5.97 Å². The smallest absolute Gasteiger partial charge is 0.377 e. The number of carboxylic acids is 1. The predicted octanol–water partition coefficient (Wildman–Crippen LogP) is 2.56. The topological polar surface area (TPSA) is 70.2 Å². The molecule has 1 heterocycles. The number of nitrogens with one attached hydrogen (secondary N) is 1. The number of hydrogen-bond donors (Lipinski definition) is 2. The van der Waals surface area contributed by atoms with Crippen LogP contribution in [0.15, 0.2) is 24.3 Å². The maximum Gasteiger partial charge on any atom is 0.377 e. The minimum atomic E-state index is -1.42. The lowest BCUT2D eigenvalue weighted by molar-refractivity contribution is -0.131. The minimum Gasteiger partial charge on any atom is -0.475 e. The van der Waals surface area contributed by atoms with Gasteiger partial charge in [-0.25, -0.2) is 4.79 Å². The summed E-state index contributed by atoms with van der Waals surface area (Å²) in [7, 11) is 0. The zero-order valence-corrected chi connectivity index (χ0v) is 9.65. The van der Waals surface area contributed by atoms with Crippen molar-refractivity contribution < 1.29 is 14.7 Å². The molecule has 4 heteroatoms. The van der Waals surface area contributed by atoms with Crippen molar-refractivity contribution in [3.63, 3.8) is 0 Å². The lowest BCUT2D eigenvalue weighted by Crippen LogP contribution is -2.14. The maximum absolute atomic E-state index is 11.7. The highest BCUT2D eigenvalue weighted by molar-refractivity contribution is 6.42. The Morgan fingerprint density at radius 2 is 1.88 bits per heavy atom. The average molecular weight is 231 g/mol. The second kappa shape index (κ2) is 4.05. The molecule has 1 aromatic carbocycles. The Hall–Kier alpha value is -2.10. The van der Waals surface area contributed by atoms with Crippen molar-refractivity contribution in [1.29, 1.82) is 0 Å². The molecule has 0 atom stereocenters. The first kappa shape index (κ1) is 11.4. The number of hydrogen-bond acceptors (Lipinski definition) is 2. The Morgan fingerprint density at radius 3 is 2.47 bits per heavy atom. The fourth-order valence-corrected chi connectivity index (χ4v) is 1.95. The summed E-state index contributed by atoms with van der Waals surface area (Å²) < 4.78 is 0. The van der Waals surface area contributed by atoms with E-state index in [2.05, 4.69) is 4.98 Å². The molecule has 2 rings (SSSR count). The van der Waals surface area contributed by atoms with Gasteiger partial charge in [0.15, 0.2) is 0 Å². The largest absolute Gasteiger partial charge is 0.475 e. The van der Waals surface area contributed by atoms with Gasteiger partial charge in [0.05, 0.1) is 5.56 Å². The van der Waals surface area contributed by atoms with Crippen LogP contribution in [-0.4, -0.2) is 21.8 Å². The van der Waals surface area contributed by atoms with Crippen molar-refractivity contribution in [2.45, 2.75) is 19.8 Å². The molecule has 0 radical (unpaired) electrons. The number of carbonyl (C=O) groups excluding carboxylic acids is 1. The van der Waals surface area contributed by atoms with Crippen molar-refractivity contribution in [3.05, 3.63) is 35.5 Å². The molecule has 2 aromatic rings. The fraction of sp³-hybridized carbons (Fsp3) is 0.231. The molecule has 4 nitrogen and oxygen atoms in total. The van der Waals surface area contributed by atoms with Gasteiger partial charge in [0.2, 0.25) is 0 Å². The summed E-state index contributed by atoms with van der Waals surface area (Å²) in [5.41, 5.74) is 1.75. The molecule has 0 bridgehead atoms. The van der Waals surface area contributed by atoms with E-state index in [1.165, 1.54) is 0 Å². The van der Waals surface area contributed by atoms with Crippen LogP contribution in [0.5, 0.6) is 0 Å². The Bertz CT molecular complexity index is 596. The molecule has 0 saturated carbocycles. The maximum atomic E-state index is 11.7. The van der Waals surface area contributed by atoms with E-state index in [9.17, 15) is 9.59 Å². The van der Waals surface area contributed by atoms with Gasteiger partial charge in [-0.1, -0.05) is 32.0 Å². The molecule has 2 N–H and O–H groups in total. The van der Waals surface area contributed by atoms with Crippen LogP contribution in [0.3, 0.4) is 0 Å². The van der Waals surface area contributed by atoms with Crippen LogP contribution in [0, 0.1) is 0 Å². The number of benzene rings is 1. The van der Waals surface area contributed by atoms with E-state index >= 15 is 0 Å². The van der Waals surface area contributed by atoms with Crippen LogP contribution in [0.4, 0.5) is 0 Å². The quantitative estimate of drug-likeness (QED) is 0.630. The van der Waals surface area contributed by atoms with E-state index in [-0.39, 0.29) is 11.5 Å². The zero-order valence-electron chi connectivity index (χ0n) is 9.65. The van der Waals surface area contributed by atoms with Crippen LogP contribution in [0.1, 0.15) is 35.8 Å². The van der Waals surface area contributed by atoms with Gasteiger partial charge in [0, 0.05) is 16.6 Å². The van der Waals surface area contributed by atoms with Crippen LogP contribution in [0.25, 0.3) is 10.9 Å². The highest BCUT2D eigenvalue weighted by atomic mass is 16.4. The van der Waals surface area contributed by atoms with Crippen molar-refractivity contribution >= 4 is 22.7 Å². The molecule has 0 fully saturated rings. The predicted molar refractivity (Wildman–Crippen MR) is 64.4 cm³/mol. The van der Waals surface area contributed by atoms with Gasteiger partial charge in [0.1, 0.15) is 0 Å². The first-order chi connectivity index (χ1) is 8.02. The summed E-state index contributed by atoms with van der Waals surface area (Å²) in [6, 6.07) is 7.23. The lowest BCUT2D eigenvalue weighted by Gasteiger charge is -2.04. The van der Waals surface area contributed by atoms with Crippen LogP contribution in [0.2, 0.25) is 0 Å². The van der Waals surface area contributed by atoms with Gasteiger partial charge in [-0.2, -0.15) is 0 Å². The zero-order chi connectivity index (χ0) is 12.6.